The Hall–Kier alpha value is -4.19. The monoisotopic (exact) mass is 524 g/mol. The quantitative estimate of drug-likeness (QED) is 0.422. The highest BCUT2D eigenvalue weighted by atomic mass is 32.2. The van der Waals surface area contributed by atoms with Gasteiger partial charge < -0.3 is 20.3 Å². The van der Waals surface area contributed by atoms with E-state index < -0.39 is 21.5 Å². The number of hydrogen-bond donors (Lipinski definition) is 3. The lowest BCUT2D eigenvalue weighted by molar-refractivity contribution is -0.132. The van der Waals surface area contributed by atoms with Gasteiger partial charge in [-0.25, -0.2) is 18.1 Å². The minimum absolute atomic E-state index is 0.0322. The Bertz CT molecular complexity index is 1470. The normalized spacial score (nSPS) is 14.4. The van der Waals surface area contributed by atoms with Gasteiger partial charge in [-0.15, -0.1) is 0 Å². The average Bonchev–Trinajstić information content (AvgIpc) is 2.85. The van der Waals surface area contributed by atoms with Crippen LogP contribution in [0, 0.1) is 6.92 Å². The number of aryl methyl sites for hydroxylation is 1. The minimum Gasteiger partial charge on any atom is -0.476 e. The fraction of sp³-hybridized carbons (Fsp3) is 0.280. The molecule has 11 nitrogen and oxygen atoms in total. The molecular weight excluding hydrogens is 496 g/mol. The van der Waals surface area contributed by atoms with Crippen LogP contribution in [0.3, 0.4) is 0 Å². The molecule has 0 bridgehead atoms. The van der Waals surface area contributed by atoms with E-state index in [4.69, 9.17) is 4.74 Å². The third-order valence-electron chi connectivity index (χ3n) is 5.73. The number of hydrogen-bond acceptors (Lipinski definition) is 9. The molecule has 1 aromatic heterocycles. The molecule has 4 rings (SSSR count). The maximum absolute atomic E-state index is 12.6. The van der Waals surface area contributed by atoms with Crippen LogP contribution in [0.15, 0.2) is 53.6 Å². The number of fused-ring (bicyclic) bond motifs is 1. The van der Waals surface area contributed by atoms with Crippen LogP contribution in [-0.4, -0.2) is 42.8 Å². The summed E-state index contributed by atoms with van der Waals surface area (Å²) in [7, 11) is -2.22. The van der Waals surface area contributed by atoms with Crippen LogP contribution in [0.1, 0.15) is 32.8 Å². The topological polar surface area (TPSA) is 143 Å². The molecule has 37 heavy (non-hydrogen) atoms. The molecular formula is C25H28N6O5S. The van der Waals surface area contributed by atoms with Gasteiger partial charge in [-0.3, -0.25) is 9.59 Å². The zero-order valence-electron chi connectivity index (χ0n) is 21.1. The lowest BCUT2D eigenvalue weighted by Gasteiger charge is -2.37. The molecule has 0 atom stereocenters. The lowest BCUT2D eigenvalue weighted by atomic mass is 10.0. The molecule has 3 N–H and O–H groups in total. The Kier molecular flexibility index (Phi) is 6.78. The number of nitrogens with one attached hydrogen (secondary N) is 3. The number of amides is 2. The molecule has 0 aliphatic carbocycles. The van der Waals surface area contributed by atoms with Crippen molar-refractivity contribution in [2.75, 3.05) is 22.6 Å². The second-order valence-electron chi connectivity index (χ2n) is 9.04. The van der Waals surface area contributed by atoms with Crippen molar-refractivity contribution >= 4 is 50.7 Å². The SMILES string of the molecule is CCC(=O)NS(=O)(=O)c1ccc(Nc2ncc(C)c(Nc3ccc4c(c3)N(C)C(=O)C(C)(C)O4)n2)cc1. The summed E-state index contributed by atoms with van der Waals surface area (Å²) in [6.07, 6.45) is 1.71. The van der Waals surface area contributed by atoms with Crippen molar-refractivity contribution in [3.05, 3.63) is 54.2 Å². The number of rotatable bonds is 7. The Balaban J connectivity index is 1.51. The van der Waals surface area contributed by atoms with Crippen molar-refractivity contribution in [1.29, 1.82) is 0 Å². The van der Waals surface area contributed by atoms with E-state index in [0.717, 1.165) is 5.56 Å². The zero-order chi connectivity index (χ0) is 27.0. The maximum atomic E-state index is 12.6. The van der Waals surface area contributed by atoms with Gasteiger partial charge in [0.25, 0.3) is 15.9 Å². The van der Waals surface area contributed by atoms with E-state index in [1.54, 1.807) is 57.1 Å². The third kappa shape index (κ3) is 5.48. The van der Waals surface area contributed by atoms with E-state index >= 15 is 0 Å². The number of benzene rings is 2. The van der Waals surface area contributed by atoms with Crippen LogP contribution in [0.25, 0.3) is 0 Å². The standard InChI is InChI=1S/C25H28N6O5S/c1-6-21(32)30-37(34,35)18-10-7-16(8-11-18)28-24-26-14-15(2)22(29-24)27-17-9-12-20-19(13-17)31(5)23(33)25(3,4)36-20/h7-14H,6H2,1-5H3,(H,30,32)(H2,26,27,28,29). The van der Waals surface area contributed by atoms with Crippen molar-refractivity contribution in [2.45, 2.75) is 44.6 Å². The van der Waals surface area contributed by atoms with Gasteiger partial charge in [0.1, 0.15) is 11.6 Å². The number of aromatic nitrogens is 2. The lowest BCUT2D eigenvalue weighted by Crippen LogP contribution is -2.50. The summed E-state index contributed by atoms with van der Waals surface area (Å²) >= 11 is 0. The molecule has 1 aliphatic heterocycles. The van der Waals surface area contributed by atoms with Crippen molar-refractivity contribution < 1.29 is 22.7 Å². The van der Waals surface area contributed by atoms with E-state index in [2.05, 4.69) is 20.6 Å². The molecule has 0 saturated carbocycles. The van der Waals surface area contributed by atoms with E-state index in [-0.39, 0.29) is 17.2 Å². The van der Waals surface area contributed by atoms with E-state index in [0.29, 0.717) is 34.6 Å². The van der Waals surface area contributed by atoms with E-state index in [9.17, 15) is 18.0 Å². The van der Waals surface area contributed by atoms with Gasteiger partial charge in [-0.2, -0.15) is 4.98 Å². The summed E-state index contributed by atoms with van der Waals surface area (Å²) in [4.78, 5) is 34.4. The van der Waals surface area contributed by atoms with Gasteiger partial charge in [0.2, 0.25) is 11.9 Å². The zero-order valence-corrected chi connectivity index (χ0v) is 21.9. The highest BCUT2D eigenvalue weighted by molar-refractivity contribution is 7.90. The minimum atomic E-state index is -3.93. The first kappa shape index (κ1) is 25.9. The third-order valence-corrected chi connectivity index (χ3v) is 7.12. The molecule has 0 saturated heterocycles. The van der Waals surface area contributed by atoms with Crippen molar-refractivity contribution in [1.82, 2.24) is 14.7 Å². The van der Waals surface area contributed by atoms with E-state index in [1.165, 1.54) is 12.1 Å². The molecule has 3 aromatic rings. The number of anilines is 5. The average molecular weight is 525 g/mol. The van der Waals surface area contributed by atoms with Gasteiger partial charge in [0, 0.05) is 36.6 Å². The maximum Gasteiger partial charge on any atom is 0.270 e. The molecule has 1 aliphatic rings. The fourth-order valence-corrected chi connectivity index (χ4v) is 4.72. The molecule has 2 aromatic carbocycles. The van der Waals surface area contributed by atoms with Gasteiger partial charge >= 0.3 is 0 Å². The second kappa shape index (κ2) is 9.69. The summed E-state index contributed by atoms with van der Waals surface area (Å²) in [6, 6.07) is 11.3. The summed E-state index contributed by atoms with van der Waals surface area (Å²) in [5.41, 5.74) is 1.76. The molecule has 0 radical (unpaired) electrons. The molecule has 0 unspecified atom stereocenters. The summed E-state index contributed by atoms with van der Waals surface area (Å²) < 4.78 is 32.4. The molecule has 0 fully saturated rings. The summed E-state index contributed by atoms with van der Waals surface area (Å²) in [5.74, 6) is 0.722. The number of carbonyl (C=O) groups excluding carboxylic acids is 2. The fourth-order valence-electron chi connectivity index (χ4n) is 3.67. The highest BCUT2D eigenvalue weighted by Gasteiger charge is 2.39. The van der Waals surface area contributed by atoms with Crippen LogP contribution in [0.2, 0.25) is 0 Å². The van der Waals surface area contributed by atoms with Crippen molar-refractivity contribution in [2.24, 2.45) is 0 Å². The summed E-state index contributed by atoms with van der Waals surface area (Å²) in [5, 5.41) is 6.30. The first-order chi connectivity index (χ1) is 17.4. The summed E-state index contributed by atoms with van der Waals surface area (Å²) in [6.45, 7) is 6.89. The van der Waals surface area contributed by atoms with Gasteiger partial charge in [-0.1, -0.05) is 6.92 Å². The Morgan fingerprint density at radius 3 is 2.43 bits per heavy atom. The van der Waals surface area contributed by atoms with Crippen molar-refractivity contribution in [3.8, 4) is 5.75 Å². The van der Waals surface area contributed by atoms with Crippen molar-refractivity contribution in [3.63, 3.8) is 0 Å². The Morgan fingerprint density at radius 2 is 1.76 bits per heavy atom. The van der Waals surface area contributed by atoms with Gasteiger partial charge in [0.05, 0.1) is 10.6 Å². The number of ether oxygens (including phenoxy) is 1. The predicted octanol–water partition coefficient (Wildman–Crippen LogP) is 3.62. The first-order valence-electron chi connectivity index (χ1n) is 11.5. The predicted molar refractivity (Wildman–Crippen MR) is 140 cm³/mol. The first-order valence-corrected chi connectivity index (χ1v) is 13.0. The molecule has 194 valence electrons. The molecule has 2 heterocycles. The highest BCUT2D eigenvalue weighted by Crippen LogP contribution is 2.39. The Labute approximate surface area is 215 Å². The number of likely N-dealkylation sites (N-methyl/N-ethyl adjacent to an activating group) is 1. The van der Waals surface area contributed by atoms with Crippen LogP contribution in [0.4, 0.5) is 28.8 Å². The van der Waals surface area contributed by atoms with Crippen LogP contribution in [0.5, 0.6) is 5.75 Å². The number of nitrogens with zero attached hydrogens (tertiary/aromatic N) is 3. The van der Waals surface area contributed by atoms with Crippen LogP contribution < -0.4 is 25.0 Å². The number of carbonyl (C=O) groups is 2. The molecule has 12 heteroatoms. The Morgan fingerprint density at radius 1 is 1.08 bits per heavy atom. The van der Waals surface area contributed by atoms with Crippen LogP contribution in [-0.2, 0) is 19.6 Å². The second-order valence-corrected chi connectivity index (χ2v) is 10.7. The van der Waals surface area contributed by atoms with Crippen LogP contribution >= 0.6 is 0 Å². The number of sulfonamides is 1. The van der Waals surface area contributed by atoms with E-state index in [1.807, 2.05) is 23.8 Å². The largest absolute Gasteiger partial charge is 0.476 e. The smallest absolute Gasteiger partial charge is 0.270 e. The molecule has 2 amide bonds. The van der Waals surface area contributed by atoms with Gasteiger partial charge in [-0.05, 0) is 63.2 Å². The molecule has 0 spiro atoms. The van der Waals surface area contributed by atoms with Gasteiger partial charge in [0.15, 0.2) is 5.60 Å².